The minimum Gasteiger partial charge on any atom is -0.0622 e. The molecule has 6 aromatic carbocycles. The Kier molecular flexibility index (Phi) is 20.4. The third kappa shape index (κ3) is 10.5. The van der Waals surface area contributed by atoms with Gasteiger partial charge >= 0.3 is 0 Å². The zero-order valence-corrected chi connectivity index (χ0v) is 55.1. The van der Waals surface area contributed by atoms with Crippen LogP contribution in [0.25, 0.3) is 0 Å². The lowest BCUT2D eigenvalue weighted by molar-refractivity contribution is -0.180. The molecular weight excluding hydrogens is 1060 g/mol. The molecule has 0 radical (unpaired) electrons. The first kappa shape index (κ1) is 62.1. The van der Waals surface area contributed by atoms with Crippen LogP contribution < -0.4 is 0 Å². The molecule has 0 nitrogen and oxygen atoms in total. The van der Waals surface area contributed by atoms with Crippen molar-refractivity contribution in [3.8, 4) is 0 Å². The molecule has 7 fully saturated rings. The summed E-state index contributed by atoms with van der Waals surface area (Å²) in [6.45, 7) is 0. The molecule has 0 N–H and O–H groups in total. The molecule has 0 heteroatoms. The SMILES string of the molecule is c1ccc(C2(C3CCCCC3)CCCCCCCCCCC(c3ccccc3)(C3CCCCC3)C(c3ccccc3)(C3CCCCC3)C(c3ccccc3)(C3CCCCC3)C(c3ccccc3)(C3CCCCC3)C2(c2ccccc2)C2CCCCC2)cc1. The molecule has 7 aliphatic carbocycles. The van der Waals surface area contributed by atoms with Crippen LogP contribution in [0.15, 0.2) is 182 Å². The van der Waals surface area contributed by atoms with Crippen molar-refractivity contribution in [1.82, 2.24) is 0 Å². The van der Waals surface area contributed by atoms with E-state index in [0.29, 0.717) is 35.5 Å². The molecule has 13 rings (SSSR count). The Morgan fingerprint density at radius 1 is 0.159 bits per heavy atom. The molecule has 0 spiro atoms. The van der Waals surface area contributed by atoms with Crippen LogP contribution in [0, 0.1) is 35.5 Å². The fraction of sp³-hybridized carbons (Fsp3) is 0.591. The summed E-state index contributed by atoms with van der Waals surface area (Å²) < 4.78 is 0. The maximum Gasteiger partial charge on any atom is 0.0198 e. The van der Waals surface area contributed by atoms with Crippen LogP contribution in [0.1, 0.15) is 290 Å². The largest absolute Gasteiger partial charge is 0.0622 e. The van der Waals surface area contributed by atoms with Crippen molar-refractivity contribution in [2.24, 2.45) is 35.5 Å². The normalized spacial score (nSPS) is 31.6. The second kappa shape index (κ2) is 28.9. The summed E-state index contributed by atoms with van der Waals surface area (Å²) in [6.07, 6.45) is 53.6. The molecule has 6 aromatic rings. The van der Waals surface area contributed by atoms with Crippen LogP contribution in [-0.2, 0) is 32.5 Å². The molecular formula is C88H116. The maximum atomic E-state index is 2.92. The fourth-order valence-corrected chi connectivity index (χ4v) is 24.9. The van der Waals surface area contributed by atoms with E-state index < -0.39 is 10.8 Å². The number of hydrogen-bond donors (Lipinski definition) is 0. The van der Waals surface area contributed by atoms with Crippen molar-refractivity contribution in [1.29, 1.82) is 0 Å². The maximum absolute atomic E-state index is 2.92. The second-order valence-electron chi connectivity index (χ2n) is 30.7. The van der Waals surface area contributed by atoms with Crippen LogP contribution in [0.2, 0.25) is 0 Å². The van der Waals surface area contributed by atoms with Crippen LogP contribution in [0.4, 0.5) is 0 Å². The lowest BCUT2D eigenvalue weighted by atomic mass is 9.20. The van der Waals surface area contributed by atoms with Crippen molar-refractivity contribution in [2.75, 3.05) is 0 Å². The summed E-state index contributed by atoms with van der Waals surface area (Å²) in [5.74, 6) is 2.91. The Labute approximate surface area is 537 Å². The quantitative estimate of drug-likeness (QED) is 0.115. The highest BCUT2D eigenvalue weighted by atomic mass is 14.9. The molecule has 0 bridgehead atoms. The van der Waals surface area contributed by atoms with Crippen LogP contribution in [-0.4, -0.2) is 0 Å². The summed E-state index contributed by atoms with van der Waals surface area (Å²) in [5.41, 5.74) is 8.56. The zero-order chi connectivity index (χ0) is 59.4. The van der Waals surface area contributed by atoms with Gasteiger partial charge in [-0.1, -0.05) is 349 Å². The van der Waals surface area contributed by atoms with Gasteiger partial charge in [0.1, 0.15) is 0 Å². The van der Waals surface area contributed by atoms with Gasteiger partial charge in [-0.15, -0.1) is 0 Å². The Hall–Kier alpha value is -4.68. The molecule has 0 saturated heterocycles. The highest BCUT2D eigenvalue weighted by Crippen LogP contribution is 2.83. The van der Waals surface area contributed by atoms with E-state index in [2.05, 4.69) is 182 Å². The molecule has 0 aromatic heterocycles. The van der Waals surface area contributed by atoms with Crippen molar-refractivity contribution >= 4 is 0 Å². The fourth-order valence-electron chi connectivity index (χ4n) is 24.9. The molecule has 6 unspecified atom stereocenters. The molecule has 7 saturated carbocycles. The first-order chi connectivity index (χ1) is 43.7. The average Bonchev–Trinajstić information content (AvgIpc) is 0.633. The van der Waals surface area contributed by atoms with Crippen LogP contribution in [0.3, 0.4) is 0 Å². The summed E-state index contributed by atoms with van der Waals surface area (Å²) >= 11 is 0. The molecule has 0 heterocycles. The highest BCUT2D eigenvalue weighted by molar-refractivity contribution is 5.62. The van der Waals surface area contributed by atoms with E-state index in [-0.39, 0.29) is 21.7 Å². The second-order valence-corrected chi connectivity index (χ2v) is 30.7. The first-order valence-corrected chi connectivity index (χ1v) is 38.1. The smallest absolute Gasteiger partial charge is 0.0198 e. The van der Waals surface area contributed by atoms with E-state index in [1.54, 1.807) is 33.4 Å². The van der Waals surface area contributed by atoms with Gasteiger partial charge in [-0.25, -0.2) is 0 Å². The minimum atomic E-state index is -0.416. The van der Waals surface area contributed by atoms with E-state index >= 15 is 0 Å². The van der Waals surface area contributed by atoms with Gasteiger partial charge in [0.05, 0.1) is 0 Å². The molecule has 468 valence electrons. The first-order valence-electron chi connectivity index (χ1n) is 38.1. The monoisotopic (exact) mass is 1170 g/mol. The number of rotatable bonds is 12. The Morgan fingerprint density at radius 3 is 0.568 bits per heavy atom. The van der Waals surface area contributed by atoms with Crippen molar-refractivity contribution in [3.63, 3.8) is 0 Å². The van der Waals surface area contributed by atoms with Gasteiger partial charge in [0.25, 0.3) is 0 Å². The van der Waals surface area contributed by atoms with Gasteiger partial charge in [-0.2, -0.15) is 0 Å². The van der Waals surface area contributed by atoms with Crippen LogP contribution >= 0.6 is 0 Å². The topological polar surface area (TPSA) is 0 Å². The Balaban J connectivity index is 1.41. The van der Waals surface area contributed by atoms with E-state index in [4.69, 9.17) is 0 Å². The lowest BCUT2D eigenvalue weighted by Crippen LogP contribution is -2.84. The van der Waals surface area contributed by atoms with Crippen molar-refractivity contribution < 1.29 is 0 Å². The third-order valence-electron chi connectivity index (χ3n) is 27.1. The van der Waals surface area contributed by atoms with E-state index in [1.165, 1.54) is 257 Å². The zero-order valence-electron chi connectivity index (χ0n) is 55.1. The van der Waals surface area contributed by atoms with Gasteiger partial charge in [0, 0.05) is 32.5 Å². The van der Waals surface area contributed by atoms with Crippen LogP contribution in [0.5, 0.6) is 0 Å². The van der Waals surface area contributed by atoms with Gasteiger partial charge in [0.2, 0.25) is 0 Å². The minimum absolute atomic E-state index is 0.188. The van der Waals surface area contributed by atoms with Crippen molar-refractivity contribution in [2.45, 2.75) is 289 Å². The summed E-state index contributed by atoms with van der Waals surface area (Å²) in [4.78, 5) is 0. The van der Waals surface area contributed by atoms with Crippen molar-refractivity contribution in [3.05, 3.63) is 215 Å². The third-order valence-corrected chi connectivity index (χ3v) is 27.1. The number of hydrogen-bond acceptors (Lipinski definition) is 0. The van der Waals surface area contributed by atoms with Gasteiger partial charge in [-0.05, 0) is 159 Å². The van der Waals surface area contributed by atoms with E-state index in [0.717, 1.165) is 0 Å². The van der Waals surface area contributed by atoms with E-state index in [9.17, 15) is 0 Å². The summed E-state index contributed by atoms with van der Waals surface area (Å²) in [7, 11) is 0. The Bertz CT molecular complexity index is 2760. The molecule has 88 heavy (non-hydrogen) atoms. The Morgan fingerprint density at radius 2 is 0.330 bits per heavy atom. The van der Waals surface area contributed by atoms with Gasteiger partial charge in [-0.3, -0.25) is 0 Å². The summed E-state index contributed by atoms with van der Waals surface area (Å²) in [5, 5.41) is 0. The average molecular weight is 1170 g/mol. The standard InChI is InChI=1S/C88H116/c1-2-4-6-44-70-84(73-49-23-9-24-50-73,74-51-25-10-26-52-74)86(77-57-31-13-32-58-77,78-59-33-14-34-60-78)88(81-65-39-17-40-66-81,82-67-41-18-42-68-82)87(79-61-35-15-36-62-79,80-63-37-16-38-64-80)85(75-53-27-11-28-54-75,76-55-29-12-30-56-76)83(69-43-5-3-1,71-45-19-7-20-46-71)72-47-21-8-22-48-72/h7,9,11,13,15,17,19-20,23-24,27-28,31-32,35-36,39-40,45-46,49-50,53-54,57-58,61-62,65-66,72,74,76,78,80,82H,1-6,8,10,12,14,16,18,21-22,25-26,29-30,33-34,37-38,41-44,47-48,51-52,55-56,59-60,63-64,67-70H2. The predicted octanol–water partition coefficient (Wildman–Crippen LogP) is 25.0. The predicted molar refractivity (Wildman–Crippen MR) is 374 cm³/mol. The van der Waals surface area contributed by atoms with Gasteiger partial charge < -0.3 is 0 Å². The van der Waals surface area contributed by atoms with E-state index in [1.807, 2.05) is 0 Å². The lowest BCUT2D eigenvalue weighted by Gasteiger charge is -2.81. The van der Waals surface area contributed by atoms with Gasteiger partial charge in [0.15, 0.2) is 0 Å². The highest BCUT2D eigenvalue weighted by Gasteiger charge is 2.84. The molecule has 0 amide bonds. The molecule has 0 aliphatic heterocycles. The summed E-state index contributed by atoms with van der Waals surface area (Å²) in [6, 6.07) is 80.4. The molecule has 6 atom stereocenters. The number of benzene rings is 6. The molecule has 7 aliphatic rings.